The summed E-state index contributed by atoms with van der Waals surface area (Å²) in [6.07, 6.45) is 4.74. The Kier molecular flexibility index (Phi) is 5.62. The largest absolute Gasteiger partial charge is 0.481 e. The average Bonchev–Trinajstić information content (AvgIpc) is 2.83. The van der Waals surface area contributed by atoms with Gasteiger partial charge in [0.25, 0.3) is 0 Å². The normalized spacial score (nSPS) is 31.2. The van der Waals surface area contributed by atoms with Crippen molar-refractivity contribution in [2.75, 3.05) is 26.7 Å². The van der Waals surface area contributed by atoms with Gasteiger partial charge in [-0.25, -0.2) is 0 Å². The molecule has 1 heterocycles. The van der Waals surface area contributed by atoms with E-state index < -0.39 is 11.9 Å². The number of carbonyl (C=O) groups is 2. The lowest BCUT2D eigenvalue weighted by atomic mass is 9.93. The van der Waals surface area contributed by atoms with E-state index in [0.717, 1.165) is 19.5 Å². The van der Waals surface area contributed by atoms with Crippen LogP contribution in [0, 0.1) is 23.7 Å². The Balaban J connectivity index is 1.73. The second-order valence-electron chi connectivity index (χ2n) is 6.95. The summed E-state index contributed by atoms with van der Waals surface area (Å²) in [6, 6.07) is 0. The third-order valence-electron chi connectivity index (χ3n) is 5.14. The molecule has 1 aliphatic carbocycles. The number of hydrogen-bond donors (Lipinski definition) is 2. The molecule has 1 saturated heterocycles. The summed E-state index contributed by atoms with van der Waals surface area (Å²) in [5.74, 6) is -0.692. The zero-order valence-corrected chi connectivity index (χ0v) is 13.2. The Morgan fingerprint density at radius 1 is 1.19 bits per heavy atom. The van der Waals surface area contributed by atoms with Crippen LogP contribution in [0.15, 0.2) is 0 Å². The molecule has 0 spiro atoms. The number of piperidine rings is 1. The molecule has 0 aromatic heterocycles. The molecule has 2 fully saturated rings. The molecule has 2 rings (SSSR count). The summed E-state index contributed by atoms with van der Waals surface area (Å²) >= 11 is 0. The van der Waals surface area contributed by atoms with Crippen molar-refractivity contribution in [3.8, 4) is 0 Å². The number of hydrogen-bond acceptors (Lipinski definition) is 3. The van der Waals surface area contributed by atoms with Gasteiger partial charge in [0, 0.05) is 6.54 Å². The van der Waals surface area contributed by atoms with Gasteiger partial charge in [-0.2, -0.15) is 0 Å². The zero-order valence-electron chi connectivity index (χ0n) is 13.2. The second-order valence-corrected chi connectivity index (χ2v) is 6.95. The van der Waals surface area contributed by atoms with Gasteiger partial charge in [0.2, 0.25) is 5.91 Å². The highest BCUT2D eigenvalue weighted by molar-refractivity contribution is 5.85. The van der Waals surface area contributed by atoms with E-state index >= 15 is 0 Å². The van der Waals surface area contributed by atoms with Gasteiger partial charge in [-0.15, -0.1) is 0 Å². The summed E-state index contributed by atoms with van der Waals surface area (Å²) in [5.41, 5.74) is 0. The molecule has 1 unspecified atom stereocenters. The lowest BCUT2D eigenvalue weighted by Gasteiger charge is -2.29. The number of carboxylic acids is 1. The third kappa shape index (κ3) is 4.43. The van der Waals surface area contributed by atoms with Gasteiger partial charge in [0.05, 0.1) is 11.8 Å². The molecule has 1 aliphatic heterocycles. The molecular formula is C16H28N2O3. The van der Waals surface area contributed by atoms with Crippen LogP contribution >= 0.6 is 0 Å². The molecule has 1 amide bonds. The standard InChI is InChI=1S/C16H28N2O3/c1-11-9-13(14(10-11)16(20)21)15(19)17-6-3-12-4-7-18(2)8-5-12/h11-14H,3-10H2,1-2H3,(H,17,19)(H,20,21)/t11?,13-,14+/m0/s1. The van der Waals surface area contributed by atoms with Crippen molar-refractivity contribution in [1.82, 2.24) is 10.2 Å². The second kappa shape index (κ2) is 7.25. The van der Waals surface area contributed by atoms with E-state index in [0.29, 0.717) is 31.2 Å². The van der Waals surface area contributed by atoms with Crippen LogP contribution in [0.1, 0.15) is 39.0 Å². The molecule has 0 radical (unpaired) electrons. The molecule has 2 N–H and O–H groups in total. The van der Waals surface area contributed by atoms with Crippen molar-refractivity contribution in [2.45, 2.75) is 39.0 Å². The van der Waals surface area contributed by atoms with Crippen molar-refractivity contribution >= 4 is 11.9 Å². The van der Waals surface area contributed by atoms with Crippen LogP contribution in [0.4, 0.5) is 0 Å². The van der Waals surface area contributed by atoms with Gasteiger partial charge >= 0.3 is 5.97 Å². The monoisotopic (exact) mass is 296 g/mol. The quantitative estimate of drug-likeness (QED) is 0.808. The number of carboxylic acid groups (broad SMARTS) is 1. The minimum atomic E-state index is -0.824. The fourth-order valence-corrected chi connectivity index (χ4v) is 3.74. The van der Waals surface area contributed by atoms with Crippen LogP contribution in [-0.2, 0) is 9.59 Å². The first-order valence-electron chi connectivity index (χ1n) is 8.16. The summed E-state index contributed by atoms with van der Waals surface area (Å²) in [6.45, 7) is 4.99. The first kappa shape index (κ1) is 16.3. The highest BCUT2D eigenvalue weighted by atomic mass is 16.4. The molecule has 2 aliphatic rings. The summed E-state index contributed by atoms with van der Waals surface area (Å²) < 4.78 is 0. The summed E-state index contributed by atoms with van der Waals surface area (Å²) in [4.78, 5) is 25.8. The minimum absolute atomic E-state index is 0.0559. The highest BCUT2D eigenvalue weighted by Crippen LogP contribution is 2.36. The lowest BCUT2D eigenvalue weighted by molar-refractivity contribution is -0.146. The maximum Gasteiger partial charge on any atom is 0.307 e. The summed E-state index contributed by atoms with van der Waals surface area (Å²) in [7, 11) is 2.14. The Hall–Kier alpha value is -1.10. The van der Waals surface area contributed by atoms with Gasteiger partial charge in [0.1, 0.15) is 0 Å². The van der Waals surface area contributed by atoms with Crippen LogP contribution in [0.3, 0.4) is 0 Å². The summed E-state index contributed by atoms with van der Waals surface area (Å²) in [5, 5.41) is 12.2. The number of nitrogens with zero attached hydrogens (tertiary/aromatic N) is 1. The van der Waals surface area contributed by atoms with E-state index in [2.05, 4.69) is 17.3 Å². The fourth-order valence-electron chi connectivity index (χ4n) is 3.74. The van der Waals surface area contributed by atoms with Gasteiger partial charge in [-0.05, 0) is 64.1 Å². The predicted molar refractivity (Wildman–Crippen MR) is 80.9 cm³/mol. The zero-order chi connectivity index (χ0) is 15.4. The molecule has 0 aromatic carbocycles. The number of aliphatic carboxylic acids is 1. The SMILES string of the molecule is CC1C[C@H](C(=O)NCCC2CCN(C)CC2)[C@H](C(=O)O)C1. The Bertz CT molecular complexity index is 378. The van der Waals surface area contributed by atoms with Crippen molar-refractivity contribution in [1.29, 1.82) is 0 Å². The first-order chi connectivity index (χ1) is 9.97. The van der Waals surface area contributed by atoms with Crippen molar-refractivity contribution in [3.63, 3.8) is 0 Å². The molecule has 120 valence electrons. The van der Waals surface area contributed by atoms with Crippen molar-refractivity contribution in [3.05, 3.63) is 0 Å². The molecule has 0 aromatic rings. The van der Waals surface area contributed by atoms with E-state index in [1.54, 1.807) is 0 Å². The van der Waals surface area contributed by atoms with Crippen LogP contribution in [-0.4, -0.2) is 48.6 Å². The molecular weight excluding hydrogens is 268 g/mol. The number of amides is 1. The Labute approximate surface area is 127 Å². The van der Waals surface area contributed by atoms with Crippen LogP contribution in [0.25, 0.3) is 0 Å². The van der Waals surface area contributed by atoms with E-state index in [9.17, 15) is 14.7 Å². The smallest absolute Gasteiger partial charge is 0.307 e. The molecule has 21 heavy (non-hydrogen) atoms. The molecule has 5 heteroatoms. The van der Waals surface area contributed by atoms with Gasteiger partial charge < -0.3 is 15.3 Å². The van der Waals surface area contributed by atoms with E-state index in [-0.39, 0.29) is 11.8 Å². The number of likely N-dealkylation sites (tertiary alicyclic amines) is 1. The van der Waals surface area contributed by atoms with E-state index in [1.807, 2.05) is 6.92 Å². The fraction of sp³-hybridized carbons (Fsp3) is 0.875. The maximum atomic E-state index is 12.2. The van der Waals surface area contributed by atoms with Crippen molar-refractivity contribution in [2.24, 2.45) is 23.7 Å². The van der Waals surface area contributed by atoms with Crippen molar-refractivity contribution < 1.29 is 14.7 Å². The minimum Gasteiger partial charge on any atom is -0.481 e. The van der Waals surface area contributed by atoms with Gasteiger partial charge in [0.15, 0.2) is 0 Å². The van der Waals surface area contributed by atoms with E-state index in [1.165, 1.54) is 12.8 Å². The third-order valence-corrected chi connectivity index (χ3v) is 5.14. The Morgan fingerprint density at radius 3 is 2.43 bits per heavy atom. The molecule has 3 atom stereocenters. The van der Waals surface area contributed by atoms with Crippen LogP contribution in [0.5, 0.6) is 0 Å². The predicted octanol–water partition coefficient (Wildman–Crippen LogP) is 1.58. The Morgan fingerprint density at radius 2 is 1.81 bits per heavy atom. The highest BCUT2D eigenvalue weighted by Gasteiger charge is 2.41. The topological polar surface area (TPSA) is 69.6 Å². The van der Waals surface area contributed by atoms with Gasteiger partial charge in [-0.1, -0.05) is 6.92 Å². The first-order valence-corrected chi connectivity index (χ1v) is 8.16. The van der Waals surface area contributed by atoms with Crippen LogP contribution < -0.4 is 5.32 Å². The number of nitrogens with one attached hydrogen (secondary N) is 1. The molecule has 1 saturated carbocycles. The maximum absolute atomic E-state index is 12.2. The number of rotatable bonds is 5. The molecule has 5 nitrogen and oxygen atoms in total. The van der Waals surface area contributed by atoms with Crippen LogP contribution in [0.2, 0.25) is 0 Å². The lowest BCUT2D eigenvalue weighted by Crippen LogP contribution is -2.37. The van der Waals surface area contributed by atoms with Gasteiger partial charge in [-0.3, -0.25) is 9.59 Å². The molecule has 0 bridgehead atoms. The van der Waals surface area contributed by atoms with E-state index in [4.69, 9.17) is 0 Å². The number of carbonyl (C=O) groups excluding carboxylic acids is 1. The average molecular weight is 296 g/mol.